The molecule has 0 fully saturated rings. The van der Waals surface area contributed by atoms with E-state index in [1.54, 1.807) is 12.1 Å². The van der Waals surface area contributed by atoms with Crippen LogP contribution in [0, 0.1) is 0 Å². The Kier molecular flexibility index (Phi) is 5.36. The monoisotopic (exact) mass is 366 g/mol. The van der Waals surface area contributed by atoms with Gasteiger partial charge in [0.1, 0.15) is 5.75 Å². The van der Waals surface area contributed by atoms with Crippen molar-refractivity contribution in [2.45, 2.75) is 44.7 Å². The third-order valence-electron chi connectivity index (χ3n) is 3.55. The summed E-state index contributed by atoms with van der Waals surface area (Å²) < 4.78 is 27.9. The Balaban J connectivity index is 2.20. The zero-order chi connectivity index (χ0) is 18.8. The van der Waals surface area contributed by atoms with Gasteiger partial charge < -0.3 is 10.4 Å². The summed E-state index contributed by atoms with van der Waals surface area (Å²) in [6.45, 7) is 7.50. The first kappa shape index (κ1) is 18.8. The predicted molar refractivity (Wildman–Crippen MR) is 94.1 cm³/mol. The zero-order valence-corrected chi connectivity index (χ0v) is 15.3. The van der Waals surface area contributed by atoms with E-state index in [9.17, 15) is 18.3 Å². The molecule has 8 nitrogen and oxygen atoms in total. The number of nitrogens with one attached hydrogen (secondary N) is 2. The number of urea groups is 1. The van der Waals surface area contributed by atoms with E-state index in [0.717, 1.165) is 0 Å². The largest absolute Gasteiger partial charge is 0.506 e. The number of benzene rings is 1. The Labute approximate surface area is 146 Å². The lowest BCUT2D eigenvalue weighted by Gasteiger charge is -2.15. The van der Waals surface area contributed by atoms with Crippen LogP contribution in [-0.2, 0) is 10.0 Å². The molecule has 0 unspecified atom stereocenters. The Morgan fingerprint density at radius 3 is 2.44 bits per heavy atom. The molecule has 0 bridgehead atoms. The molecule has 0 spiro atoms. The topological polar surface area (TPSA) is 113 Å². The second-order valence-corrected chi connectivity index (χ2v) is 7.81. The van der Waals surface area contributed by atoms with E-state index in [0.29, 0.717) is 5.56 Å². The van der Waals surface area contributed by atoms with Crippen LogP contribution in [-0.4, -0.2) is 29.3 Å². The van der Waals surface area contributed by atoms with Crippen LogP contribution in [0.2, 0.25) is 0 Å². The number of carbonyl (C=O) groups is 1. The summed E-state index contributed by atoms with van der Waals surface area (Å²) >= 11 is 0. The van der Waals surface area contributed by atoms with E-state index in [-0.39, 0.29) is 28.4 Å². The third kappa shape index (κ3) is 4.30. The number of rotatable bonds is 5. The first-order chi connectivity index (χ1) is 11.6. The maximum atomic E-state index is 12.3. The Morgan fingerprint density at radius 2 is 1.88 bits per heavy atom. The number of phenolic OH excluding ortho intramolecular Hbond substituents is 1. The van der Waals surface area contributed by atoms with Gasteiger partial charge in [-0.2, -0.15) is 13.5 Å². The van der Waals surface area contributed by atoms with Gasteiger partial charge in [0, 0.05) is 12.2 Å². The van der Waals surface area contributed by atoms with Crippen LogP contribution in [0.4, 0.5) is 10.5 Å². The minimum absolute atomic E-state index is 0.00681. The molecule has 2 aromatic rings. The number of nitrogens with zero attached hydrogens (tertiary/aromatic N) is 2. The number of para-hydroxylation sites is 1. The molecule has 2 rings (SSSR count). The Hall–Kier alpha value is -2.55. The molecular formula is C16H22N4O4S. The molecule has 1 aromatic carbocycles. The fraction of sp³-hybridized carbons (Fsp3) is 0.375. The number of carbonyl (C=O) groups excluding carboxylic acids is 1. The molecule has 25 heavy (non-hydrogen) atoms. The van der Waals surface area contributed by atoms with Gasteiger partial charge in [0.25, 0.3) is 10.0 Å². The summed E-state index contributed by atoms with van der Waals surface area (Å²) in [4.78, 5) is 12.1. The van der Waals surface area contributed by atoms with Crippen molar-refractivity contribution in [1.82, 2.24) is 14.5 Å². The van der Waals surface area contributed by atoms with Crippen molar-refractivity contribution in [3.8, 4) is 5.75 Å². The van der Waals surface area contributed by atoms with Crippen LogP contribution in [0.3, 0.4) is 0 Å². The van der Waals surface area contributed by atoms with Gasteiger partial charge in [0.15, 0.2) is 5.03 Å². The van der Waals surface area contributed by atoms with Crippen molar-refractivity contribution >= 4 is 21.7 Å². The zero-order valence-electron chi connectivity index (χ0n) is 14.5. The molecule has 0 atom stereocenters. The van der Waals surface area contributed by atoms with Gasteiger partial charge in [-0.1, -0.05) is 26.0 Å². The van der Waals surface area contributed by atoms with E-state index in [1.165, 1.54) is 23.0 Å². The minimum Gasteiger partial charge on any atom is -0.506 e. The summed E-state index contributed by atoms with van der Waals surface area (Å²) in [5, 5.41) is 16.1. The molecule has 0 aliphatic carbocycles. The number of phenols is 1. The summed E-state index contributed by atoms with van der Waals surface area (Å²) in [6.07, 6.45) is 1.52. The van der Waals surface area contributed by atoms with Crippen LogP contribution >= 0.6 is 0 Å². The summed E-state index contributed by atoms with van der Waals surface area (Å²) in [7, 11) is -4.11. The second kappa shape index (κ2) is 7.14. The van der Waals surface area contributed by atoms with Gasteiger partial charge in [-0.25, -0.2) is 9.52 Å². The van der Waals surface area contributed by atoms with E-state index in [4.69, 9.17) is 0 Å². The average Bonchev–Trinajstić information content (AvgIpc) is 2.99. The van der Waals surface area contributed by atoms with E-state index in [1.807, 2.05) is 32.4 Å². The van der Waals surface area contributed by atoms with Crippen LogP contribution in [0.25, 0.3) is 0 Å². The Morgan fingerprint density at radius 1 is 1.20 bits per heavy atom. The molecule has 136 valence electrons. The smallest absolute Gasteiger partial charge is 0.333 e. The van der Waals surface area contributed by atoms with E-state index < -0.39 is 16.1 Å². The lowest BCUT2D eigenvalue weighted by atomic mass is 10.0. The van der Waals surface area contributed by atoms with Crippen molar-refractivity contribution in [3.63, 3.8) is 0 Å². The third-order valence-corrected chi connectivity index (χ3v) is 4.77. The molecule has 9 heteroatoms. The molecule has 1 aromatic heterocycles. The first-order valence-corrected chi connectivity index (χ1v) is 9.31. The highest BCUT2D eigenvalue weighted by molar-refractivity contribution is 7.90. The summed E-state index contributed by atoms with van der Waals surface area (Å²) in [5.41, 5.74) is 0.870. The van der Waals surface area contributed by atoms with Crippen molar-refractivity contribution in [3.05, 3.63) is 36.0 Å². The highest BCUT2D eigenvalue weighted by atomic mass is 32.2. The molecule has 0 saturated carbocycles. The van der Waals surface area contributed by atoms with Crippen LogP contribution < -0.4 is 10.0 Å². The lowest BCUT2D eigenvalue weighted by Crippen LogP contribution is -2.35. The quantitative estimate of drug-likeness (QED) is 0.704. The van der Waals surface area contributed by atoms with Gasteiger partial charge >= 0.3 is 6.03 Å². The summed E-state index contributed by atoms with van der Waals surface area (Å²) in [6, 6.07) is 5.16. The van der Waals surface area contributed by atoms with Crippen molar-refractivity contribution in [2.24, 2.45) is 0 Å². The van der Waals surface area contributed by atoms with Crippen LogP contribution in [0.5, 0.6) is 5.75 Å². The number of aromatic nitrogens is 2. The maximum Gasteiger partial charge on any atom is 0.333 e. The molecule has 0 radical (unpaired) electrons. The molecule has 1 heterocycles. The highest BCUT2D eigenvalue weighted by Crippen LogP contribution is 2.32. The van der Waals surface area contributed by atoms with Gasteiger partial charge in [-0.15, -0.1) is 0 Å². The van der Waals surface area contributed by atoms with Crippen LogP contribution in [0.1, 0.15) is 45.2 Å². The SMILES string of the molecule is CC(C)c1cccc(O)c1NC(=O)NS(=O)(=O)c1ccn(C(C)C)n1. The van der Waals surface area contributed by atoms with Crippen molar-refractivity contribution < 1.29 is 18.3 Å². The fourth-order valence-corrected chi connectivity index (χ4v) is 3.08. The van der Waals surface area contributed by atoms with Gasteiger partial charge in [-0.3, -0.25) is 4.68 Å². The standard InChI is InChI=1S/C16H22N4O4S/c1-10(2)12-6-5-7-13(21)15(12)17-16(22)19-25(23,24)14-8-9-20(18-14)11(3)4/h5-11,21H,1-4H3,(H2,17,19,22). The van der Waals surface area contributed by atoms with Crippen molar-refractivity contribution in [1.29, 1.82) is 0 Å². The maximum absolute atomic E-state index is 12.3. The number of aromatic hydroxyl groups is 1. The van der Waals surface area contributed by atoms with Crippen LogP contribution in [0.15, 0.2) is 35.5 Å². The highest BCUT2D eigenvalue weighted by Gasteiger charge is 2.22. The minimum atomic E-state index is -4.11. The Bertz CT molecular complexity index is 872. The fourth-order valence-electron chi connectivity index (χ4n) is 2.24. The predicted octanol–water partition coefficient (Wildman–Crippen LogP) is 2.80. The number of anilines is 1. The average molecular weight is 366 g/mol. The normalized spacial score (nSPS) is 11.8. The van der Waals surface area contributed by atoms with Gasteiger partial charge in [0.05, 0.1) is 5.69 Å². The first-order valence-electron chi connectivity index (χ1n) is 7.82. The lowest BCUT2D eigenvalue weighted by molar-refractivity contribution is 0.256. The second-order valence-electron chi connectivity index (χ2n) is 6.18. The molecule has 0 aliphatic rings. The van der Waals surface area contributed by atoms with Gasteiger partial charge in [0.2, 0.25) is 0 Å². The number of sulfonamides is 1. The molecule has 0 saturated heterocycles. The number of amides is 2. The number of hydrogen-bond donors (Lipinski definition) is 3. The molecule has 3 N–H and O–H groups in total. The van der Waals surface area contributed by atoms with E-state index >= 15 is 0 Å². The van der Waals surface area contributed by atoms with Crippen molar-refractivity contribution in [2.75, 3.05) is 5.32 Å². The molecular weight excluding hydrogens is 344 g/mol. The van der Waals surface area contributed by atoms with E-state index in [2.05, 4.69) is 10.4 Å². The summed E-state index contributed by atoms with van der Waals surface area (Å²) in [5.74, 6) is -0.108. The molecule has 0 aliphatic heterocycles. The van der Waals surface area contributed by atoms with Gasteiger partial charge in [-0.05, 0) is 37.5 Å². The number of hydrogen-bond acceptors (Lipinski definition) is 5. The molecule has 2 amide bonds.